The molecule has 0 atom stereocenters. The first-order valence-corrected chi connectivity index (χ1v) is 5.36. The van der Waals surface area contributed by atoms with Crippen molar-refractivity contribution in [2.24, 2.45) is 0 Å². The average Bonchev–Trinajstić information content (AvgIpc) is 2.28. The highest BCUT2D eigenvalue weighted by Gasteiger charge is 2.11. The molecule has 0 spiro atoms. The Labute approximate surface area is 96.4 Å². The highest BCUT2D eigenvalue weighted by atomic mass is 16.5. The van der Waals surface area contributed by atoms with Crippen LogP contribution in [0.2, 0.25) is 0 Å². The topological polar surface area (TPSA) is 35.5 Å². The first kappa shape index (κ1) is 12.7. The molecule has 0 heterocycles. The van der Waals surface area contributed by atoms with Crippen molar-refractivity contribution in [3.8, 4) is 5.75 Å². The molecule has 1 aromatic carbocycles. The summed E-state index contributed by atoms with van der Waals surface area (Å²) in [5, 5.41) is 0. The molecule has 0 aliphatic rings. The molecule has 1 rings (SSSR count). The summed E-state index contributed by atoms with van der Waals surface area (Å²) in [6.07, 6.45) is 0. The lowest BCUT2D eigenvalue weighted by atomic mass is 10.0. The van der Waals surface area contributed by atoms with E-state index in [1.165, 1.54) is 0 Å². The highest BCUT2D eigenvalue weighted by Crippen LogP contribution is 2.22. The summed E-state index contributed by atoms with van der Waals surface area (Å²) < 4.78 is 10.3. The van der Waals surface area contributed by atoms with Gasteiger partial charge in [0, 0.05) is 12.2 Å². The van der Waals surface area contributed by atoms with Crippen molar-refractivity contribution in [2.75, 3.05) is 20.3 Å². The first-order chi connectivity index (χ1) is 7.60. The van der Waals surface area contributed by atoms with Crippen LogP contribution in [0.4, 0.5) is 0 Å². The Morgan fingerprint density at radius 1 is 1.25 bits per heavy atom. The zero-order valence-electron chi connectivity index (χ0n) is 10.3. The van der Waals surface area contributed by atoms with E-state index in [2.05, 4.69) is 0 Å². The minimum atomic E-state index is 0.0186. The fourth-order valence-electron chi connectivity index (χ4n) is 1.58. The maximum atomic E-state index is 11.8. The summed E-state index contributed by atoms with van der Waals surface area (Å²) in [6, 6.07) is 3.74. The minimum absolute atomic E-state index is 0.0186. The van der Waals surface area contributed by atoms with Gasteiger partial charge in [-0.3, -0.25) is 4.79 Å². The Kier molecular flexibility index (Phi) is 4.50. The Bertz CT molecular complexity index is 383. The zero-order chi connectivity index (χ0) is 12.1. The Morgan fingerprint density at radius 3 is 2.50 bits per heavy atom. The van der Waals surface area contributed by atoms with Crippen molar-refractivity contribution in [3.05, 3.63) is 28.8 Å². The van der Waals surface area contributed by atoms with Crippen molar-refractivity contribution < 1.29 is 14.3 Å². The Balaban J connectivity index is 2.97. The van der Waals surface area contributed by atoms with Gasteiger partial charge in [0.05, 0.1) is 7.11 Å². The normalized spacial score (nSPS) is 10.2. The molecule has 0 radical (unpaired) electrons. The third-order valence-corrected chi connectivity index (χ3v) is 2.48. The summed E-state index contributed by atoms with van der Waals surface area (Å²) in [4.78, 5) is 11.8. The molecule has 0 aliphatic heterocycles. The predicted molar refractivity (Wildman–Crippen MR) is 63.3 cm³/mol. The van der Waals surface area contributed by atoms with Gasteiger partial charge >= 0.3 is 0 Å². The second kappa shape index (κ2) is 5.66. The maximum Gasteiger partial charge on any atom is 0.188 e. The monoisotopic (exact) mass is 222 g/mol. The van der Waals surface area contributed by atoms with Gasteiger partial charge in [-0.1, -0.05) is 0 Å². The number of benzene rings is 1. The van der Waals surface area contributed by atoms with Crippen LogP contribution in [-0.4, -0.2) is 26.1 Å². The van der Waals surface area contributed by atoms with E-state index in [4.69, 9.17) is 9.47 Å². The van der Waals surface area contributed by atoms with Crippen LogP contribution >= 0.6 is 0 Å². The molecular weight excluding hydrogens is 204 g/mol. The number of carbonyl (C=O) groups is 1. The van der Waals surface area contributed by atoms with Crippen molar-refractivity contribution in [3.63, 3.8) is 0 Å². The first-order valence-electron chi connectivity index (χ1n) is 5.36. The second-order valence-corrected chi connectivity index (χ2v) is 3.70. The molecule has 0 aromatic heterocycles. The minimum Gasteiger partial charge on any atom is -0.496 e. The lowest BCUT2D eigenvalue weighted by molar-refractivity contribution is 0.0782. The third kappa shape index (κ3) is 2.83. The van der Waals surface area contributed by atoms with Gasteiger partial charge in [0.1, 0.15) is 12.4 Å². The molecule has 0 saturated heterocycles. The Morgan fingerprint density at radius 2 is 1.94 bits per heavy atom. The largest absolute Gasteiger partial charge is 0.496 e. The number of ketones is 1. The van der Waals surface area contributed by atoms with Gasteiger partial charge in [-0.2, -0.15) is 0 Å². The van der Waals surface area contributed by atoms with Gasteiger partial charge in [-0.05, 0) is 44.0 Å². The number of aryl methyl sites for hydroxylation is 2. The molecule has 3 nitrogen and oxygen atoms in total. The lowest BCUT2D eigenvalue weighted by Gasteiger charge is -2.10. The fourth-order valence-corrected chi connectivity index (χ4v) is 1.58. The summed E-state index contributed by atoms with van der Waals surface area (Å²) in [5.74, 6) is 0.829. The van der Waals surface area contributed by atoms with Crippen LogP contribution < -0.4 is 4.74 Å². The van der Waals surface area contributed by atoms with Crippen LogP contribution in [0.5, 0.6) is 5.75 Å². The van der Waals surface area contributed by atoms with Gasteiger partial charge in [0.2, 0.25) is 0 Å². The SMILES string of the molecule is CCOCC(=O)c1cc(C)c(OC)cc1C. The molecule has 0 saturated carbocycles. The van der Waals surface area contributed by atoms with Crippen molar-refractivity contribution in [2.45, 2.75) is 20.8 Å². The number of Topliss-reactive ketones (excluding diaryl/α,β-unsaturated/α-hetero) is 1. The standard InChI is InChI=1S/C13H18O3/c1-5-16-8-12(14)11-6-10(3)13(15-4)7-9(11)2/h6-7H,5,8H2,1-4H3. The van der Waals surface area contributed by atoms with Crippen LogP contribution in [0, 0.1) is 13.8 Å². The average molecular weight is 222 g/mol. The van der Waals surface area contributed by atoms with E-state index >= 15 is 0 Å². The van der Waals surface area contributed by atoms with E-state index in [0.717, 1.165) is 16.9 Å². The van der Waals surface area contributed by atoms with E-state index in [1.54, 1.807) is 7.11 Å². The number of carbonyl (C=O) groups excluding carboxylic acids is 1. The molecule has 16 heavy (non-hydrogen) atoms. The third-order valence-electron chi connectivity index (χ3n) is 2.48. The zero-order valence-corrected chi connectivity index (χ0v) is 10.3. The van der Waals surface area contributed by atoms with Gasteiger partial charge in [-0.15, -0.1) is 0 Å². The lowest BCUT2D eigenvalue weighted by Crippen LogP contribution is -2.11. The van der Waals surface area contributed by atoms with Gasteiger partial charge < -0.3 is 9.47 Å². The molecule has 0 unspecified atom stereocenters. The van der Waals surface area contributed by atoms with E-state index < -0.39 is 0 Å². The number of hydrogen-bond acceptors (Lipinski definition) is 3. The maximum absolute atomic E-state index is 11.8. The predicted octanol–water partition coefficient (Wildman–Crippen LogP) is 2.53. The highest BCUT2D eigenvalue weighted by molar-refractivity contribution is 5.98. The smallest absolute Gasteiger partial charge is 0.188 e. The van der Waals surface area contributed by atoms with Crippen LogP contribution in [0.15, 0.2) is 12.1 Å². The second-order valence-electron chi connectivity index (χ2n) is 3.70. The van der Waals surface area contributed by atoms with Crippen LogP contribution in [-0.2, 0) is 4.74 Å². The molecule has 0 bridgehead atoms. The summed E-state index contributed by atoms with van der Waals surface area (Å²) >= 11 is 0. The van der Waals surface area contributed by atoms with Gasteiger partial charge in [0.25, 0.3) is 0 Å². The number of rotatable bonds is 5. The molecule has 88 valence electrons. The molecule has 0 N–H and O–H groups in total. The molecule has 0 amide bonds. The number of methoxy groups -OCH3 is 1. The fraction of sp³-hybridized carbons (Fsp3) is 0.462. The number of ether oxygens (including phenoxy) is 2. The van der Waals surface area contributed by atoms with Crippen molar-refractivity contribution in [1.29, 1.82) is 0 Å². The van der Waals surface area contributed by atoms with E-state index in [1.807, 2.05) is 32.9 Å². The molecular formula is C13H18O3. The van der Waals surface area contributed by atoms with E-state index in [0.29, 0.717) is 12.2 Å². The van der Waals surface area contributed by atoms with Gasteiger partial charge in [0.15, 0.2) is 5.78 Å². The van der Waals surface area contributed by atoms with Crippen molar-refractivity contribution >= 4 is 5.78 Å². The number of hydrogen-bond donors (Lipinski definition) is 0. The van der Waals surface area contributed by atoms with Crippen LogP contribution in [0.1, 0.15) is 28.4 Å². The van der Waals surface area contributed by atoms with E-state index in [9.17, 15) is 4.79 Å². The molecule has 1 aromatic rings. The van der Waals surface area contributed by atoms with Crippen LogP contribution in [0.25, 0.3) is 0 Å². The summed E-state index contributed by atoms with van der Waals surface area (Å²) in [5.41, 5.74) is 2.60. The molecule has 0 fully saturated rings. The van der Waals surface area contributed by atoms with E-state index in [-0.39, 0.29) is 12.4 Å². The van der Waals surface area contributed by atoms with Crippen LogP contribution in [0.3, 0.4) is 0 Å². The van der Waals surface area contributed by atoms with Crippen molar-refractivity contribution in [1.82, 2.24) is 0 Å². The quantitative estimate of drug-likeness (QED) is 0.718. The summed E-state index contributed by atoms with van der Waals surface area (Å²) in [7, 11) is 1.63. The Hall–Kier alpha value is -1.35. The molecule has 0 aliphatic carbocycles. The molecule has 3 heteroatoms. The van der Waals surface area contributed by atoms with Gasteiger partial charge in [-0.25, -0.2) is 0 Å². The summed E-state index contributed by atoms with van der Waals surface area (Å²) in [6.45, 7) is 6.40.